The summed E-state index contributed by atoms with van der Waals surface area (Å²) in [6.07, 6.45) is 2.97. The third kappa shape index (κ3) is 3.47. The third-order valence-corrected chi connectivity index (χ3v) is 5.26. The van der Waals surface area contributed by atoms with Crippen LogP contribution in [0.5, 0.6) is 0 Å². The molecule has 0 spiro atoms. The molecule has 0 bridgehead atoms. The average Bonchev–Trinajstić information content (AvgIpc) is 3.41. The Morgan fingerprint density at radius 3 is 2.46 bits per heavy atom. The second-order valence-corrected chi connectivity index (χ2v) is 8.64. The normalized spacial score (nSPS) is 14.2. The quantitative estimate of drug-likeness (QED) is 0.643. The molecule has 1 saturated carbocycles. The van der Waals surface area contributed by atoms with E-state index in [4.69, 9.17) is 9.15 Å². The molecule has 0 saturated heterocycles. The van der Waals surface area contributed by atoms with E-state index < -0.39 is 21.8 Å². The van der Waals surface area contributed by atoms with Crippen molar-refractivity contribution in [2.75, 3.05) is 18.1 Å². The molecule has 2 aromatic carbocycles. The van der Waals surface area contributed by atoms with Crippen molar-refractivity contribution < 1.29 is 26.8 Å². The zero-order chi connectivity index (χ0) is 20.1. The Morgan fingerprint density at radius 2 is 1.89 bits per heavy atom. The number of esters is 1. The molecule has 0 atom stereocenters. The molecule has 1 aromatic heterocycles. The summed E-state index contributed by atoms with van der Waals surface area (Å²) in [5.74, 6) is -0.512. The lowest BCUT2D eigenvalue weighted by Crippen LogP contribution is -2.11. The number of fused-ring (bicyclic) bond motifs is 1. The van der Waals surface area contributed by atoms with Gasteiger partial charge in [0.15, 0.2) is 0 Å². The standard InChI is InChI=1S/C20H18FNO5S/c1-26-20(23)18-15-9-14(11-3-4-11)16(22-28(2,24)25)10-17(15)27-19(18)12-5-7-13(21)8-6-12/h5-11,22H,3-4H2,1-2H3. The molecule has 0 aliphatic heterocycles. The highest BCUT2D eigenvalue weighted by molar-refractivity contribution is 7.92. The number of hydrogen-bond donors (Lipinski definition) is 1. The Labute approximate surface area is 161 Å². The van der Waals surface area contributed by atoms with Gasteiger partial charge in [0, 0.05) is 17.0 Å². The van der Waals surface area contributed by atoms with Gasteiger partial charge >= 0.3 is 5.97 Å². The van der Waals surface area contributed by atoms with E-state index in [0.717, 1.165) is 24.7 Å². The zero-order valence-corrected chi connectivity index (χ0v) is 16.1. The van der Waals surface area contributed by atoms with Crippen LogP contribution in [0.25, 0.3) is 22.3 Å². The van der Waals surface area contributed by atoms with Gasteiger partial charge in [-0.2, -0.15) is 0 Å². The molecule has 1 aliphatic carbocycles. The number of anilines is 1. The van der Waals surface area contributed by atoms with Crippen molar-refractivity contribution >= 4 is 32.6 Å². The van der Waals surface area contributed by atoms with E-state index in [1.54, 1.807) is 12.1 Å². The van der Waals surface area contributed by atoms with Crippen LogP contribution in [0.1, 0.15) is 34.7 Å². The minimum atomic E-state index is -3.48. The van der Waals surface area contributed by atoms with Gasteiger partial charge in [0.2, 0.25) is 10.0 Å². The summed E-state index contributed by atoms with van der Waals surface area (Å²) in [5, 5.41) is 0.534. The monoisotopic (exact) mass is 403 g/mol. The lowest BCUT2D eigenvalue weighted by molar-refractivity contribution is 0.0603. The molecule has 1 heterocycles. The summed E-state index contributed by atoms with van der Waals surface area (Å²) in [4.78, 5) is 12.5. The van der Waals surface area contributed by atoms with Crippen LogP contribution in [0.2, 0.25) is 0 Å². The van der Waals surface area contributed by atoms with Crippen LogP contribution in [-0.4, -0.2) is 27.8 Å². The first-order chi connectivity index (χ1) is 13.3. The molecule has 1 fully saturated rings. The molecule has 3 aromatic rings. The number of carbonyl (C=O) groups excluding carboxylic acids is 1. The fourth-order valence-corrected chi connectivity index (χ4v) is 3.87. The van der Waals surface area contributed by atoms with Gasteiger partial charge in [0.05, 0.1) is 19.1 Å². The zero-order valence-electron chi connectivity index (χ0n) is 15.3. The fraction of sp³-hybridized carbons (Fsp3) is 0.250. The van der Waals surface area contributed by atoms with Gasteiger partial charge in [0.25, 0.3) is 0 Å². The van der Waals surface area contributed by atoms with E-state index in [9.17, 15) is 17.6 Å². The Hall–Kier alpha value is -2.87. The summed E-state index contributed by atoms with van der Waals surface area (Å²) < 4.78 is 50.2. The van der Waals surface area contributed by atoms with Crippen LogP contribution >= 0.6 is 0 Å². The van der Waals surface area contributed by atoms with Gasteiger partial charge in [-0.25, -0.2) is 17.6 Å². The molecule has 0 amide bonds. The van der Waals surface area contributed by atoms with Crippen LogP contribution in [0.4, 0.5) is 10.1 Å². The topological polar surface area (TPSA) is 85.6 Å². The lowest BCUT2D eigenvalue weighted by Gasteiger charge is -2.10. The smallest absolute Gasteiger partial charge is 0.342 e. The molecule has 0 unspecified atom stereocenters. The Morgan fingerprint density at radius 1 is 1.21 bits per heavy atom. The Bertz CT molecular complexity index is 1180. The molecule has 0 radical (unpaired) electrons. The van der Waals surface area contributed by atoms with Crippen LogP contribution in [0.15, 0.2) is 40.8 Å². The van der Waals surface area contributed by atoms with Crippen LogP contribution in [-0.2, 0) is 14.8 Å². The molecule has 1 N–H and O–H groups in total. The lowest BCUT2D eigenvalue weighted by atomic mass is 10.0. The van der Waals surface area contributed by atoms with Gasteiger partial charge < -0.3 is 9.15 Å². The molecular weight excluding hydrogens is 385 g/mol. The predicted molar refractivity (Wildman–Crippen MR) is 103 cm³/mol. The third-order valence-electron chi connectivity index (χ3n) is 4.67. The maximum atomic E-state index is 13.3. The second-order valence-electron chi connectivity index (χ2n) is 6.89. The minimum Gasteiger partial charge on any atom is -0.465 e. The molecule has 146 valence electrons. The van der Waals surface area contributed by atoms with E-state index in [1.807, 2.05) is 0 Å². The maximum absolute atomic E-state index is 13.3. The van der Waals surface area contributed by atoms with E-state index >= 15 is 0 Å². The van der Waals surface area contributed by atoms with E-state index in [0.29, 0.717) is 22.2 Å². The van der Waals surface area contributed by atoms with Crippen molar-refractivity contribution in [1.29, 1.82) is 0 Å². The summed E-state index contributed by atoms with van der Waals surface area (Å²) in [6.45, 7) is 0. The summed E-state index contributed by atoms with van der Waals surface area (Å²) >= 11 is 0. The molecule has 28 heavy (non-hydrogen) atoms. The Balaban J connectivity index is 1.97. The van der Waals surface area contributed by atoms with Crippen LogP contribution < -0.4 is 4.72 Å². The van der Waals surface area contributed by atoms with E-state index in [-0.39, 0.29) is 17.2 Å². The molecular formula is C20H18FNO5S. The van der Waals surface area contributed by atoms with Crippen molar-refractivity contribution in [2.24, 2.45) is 0 Å². The molecule has 6 nitrogen and oxygen atoms in total. The number of furan rings is 1. The first-order valence-electron chi connectivity index (χ1n) is 8.69. The molecule has 1 aliphatic rings. The van der Waals surface area contributed by atoms with Crippen molar-refractivity contribution in [2.45, 2.75) is 18.8 Å². The number of methoxy groups -OCH3 is 1. The number of halogens is 1. The van der Waals surface area contributed by atoms with Crippen LogP contribution in [0, 0.1) is 5.82 Å². The number of benzene rings is 2. The SMILES string of the molecule is COC(=O)c1c(-c2ccc(F)cc2)oc2cc(NS(C)(=O)=O)c(C3CC3)cc12. The van der Waals surface area contributed by atoms with Crippen LogP contribution in [0.3, 0.4) is 0 Å². The predicted octanol–water partition coefficient (Wildman–Crippen LogP) is 4.27. The number of hydrogen-bond acceptors (Lipinski definition) is 5. The number of nitrogens with one attached hydrogen (secondary N) is 1. The summed E-state index contributed by atoms with van der Waals surface area (Å²) in [6, 6.07) is 8.94. The average molecular weight is 403 g/mol. The van der Waals surface area contributed by atoms with Gasteiger partial charge in [0.1, 0.15) is 22.7 Å². The highest BCUT2D eigenvalue weighted by Gasteiger charge is 2.30. The maximum Gasteiger partial charge on any atom is 0.342 e. The first kappa shape index (κ1) is 18.5. The van der Waals surface area contributed by atoms with Gasteiger partial charge in [-0.3, -0.25) is 4.72 Å². The van der Waals surface area contributed by atoms with E-state index in [1.165, 1.54) is 31.4 Å². The van der Waals surface area contributed by atoms with Gasteiger partial charge in [-0.15, -0.1) is 0 Å². The minimum absolute atomic E-state index is 0.225. The number of rotatable bonds is 5. The van der Waals surface area contributed by atoms with Crippen molar-refractivity contribution in [3.05, 3.63) is 53.3 Å². The first-order valence-corrected chi connectivity index (χ1v) is 10.6. The van der Waals surface area contributed by atoms with Crippen molar-refractivity contribution in [1.82, 2.24) is 0 Å². The fourth-order valence-electron chi connectivity index (χ4n) is 3.29. The Kier molecular flexibility index (Phi) is 4.38. The summed E-state index contributed by atoms with van der Waals surface area (Å²) in [7, 11) is -2.21. The second kappa shape index (κ2) is 6.63. The molecule has 4 rings (SSSR count). The largest absolute Gasteiger partial charge is 0.465 e. The molecule has 8 heteroatoms. The number of carbonyl (C=O) groups is 1. The summed E-state index contributed by atoms with van der Waals surface area (Å²) in [5.41, 5.74) is 2.35. The highest BCUT2D eigenvalue weighted by atomic mass is 32.2. The number of ether oxygens (including phenoxy) is 1. The highest BCUT2D eigenvalue weighted by Crippen LogP contribution is 2.46. The van der Waals surface area contributed by atoms with Crippen molar-refractivity contribution in [3.63, 3.8) is 0 Å². The van der Waals surface area contributed by atoms with Crippen molar-refractivity contribution in [3.8, 4) is 11.3 Å². The van der Waals surface area contributed by atoms with Gasteiger partial charge in [-0.1, -0.05) is 0 Å². The number of sulfonamides is 1. The van der Waals surface area contributed by atoms with E-state index in [2.05, 4.69) is 4.72 Å². The van der Waals surface area contributed by atoms with Gasteiger partial charge in [-0.05, 0) is 54.7 Å².